The molecule has 0 bridgehead atoms. The van der Waals surface area contributed by atoms with E-state index < -0.39 is 0 Å². The Balaban J connectivity index is 1.85. The maximum Gasteiger partial charge on any atom is 0.167 e. The van der Waals surface area contributed by atoms with Crippen LogP contribution in [0.25, 0.3) is 0 Å². The van der Waals surface area contributed by atoms with Crippen LogP contribution in [0.3, 0.4) is 0 Å². The van der Waals surface area contributed by atoms with Crippen LogP contribution in [-0.2, 0) is 6.42 Å². The molecule has 5 nitrogen and oxygen atoms in total. The maximum atomic E-state index is 5.71. The molecule has 1 aliphatic heterocycles. The van der Waals surface area contributed by atoms with Crippen molar-refractivity contribution >= 4 is 5.69 Å². The molecule has 0 unspecified atom stereocenters. The van der Waals surface area contributed by atoms with Crippen molar-refractivity contribution in [3.05, 3.63) is 60.4 Å². The van der Waals surface area contributed by atoms with Gasteiger partial charge in [0.05, 0.1) is 11.5 Å². The lowest BCUT2D eigenvalue weighted by atomic mass is 10.1. The van der Waals surface area contributed by atoms with Gasteiger partial charge in [-0.05, 0) is 23.8 Å². The Labute approximate surface area is 111 Å². The highest BCUT2D eigenvalue weighted by molar-refractivity contribution is 5.65. The number of rotatable bonds is 3. The summed E-state index contributed by atoms with van der Waals surface area (Å²) in [7, 11) is 0. The minimum absolute atomic E-state index is 0.418. The number of hydrogen-bond acceptors (Lipinski definition) is 5. The van der Waals surface area contributed by atoms with Crippen LogP contribution in [0.1, 0.15) is 11.3 Å². The zero-order valence-electron chi connectivity index (χ0n) is 10.4. The van der Waals surface area contributed by atoms with Crippen molar-refractivity contribution in [1.29, 1.82) is 0 Å². The summed E-state index contributed by atoms with van der Waals surface area (Å²) in [5.74, 6) is 1.32. The van der Waals surface area contributed by atoms with Gasteiger partial charge in [-0.1, -0.05) is 12.6 Å². The molecule has 0 fully saturated rings. The first-order chi connectivity index (χ1) is 9.24. The number of benzene rings is 1. The molecule has 1 aliphatic rings. The highest BCUT2D eigenvalue weighted by Crippen LogP contribution is 2.36. The van der Waals surface area contributed by atoms with E-state index in [-0.39, 0.29) is 0 Å². The quantitative estimate of drug-likeness (QED) is 0.902. The molecule has 2 heterocycles. The topological polar surface area (TPSA) is 64.3 Å². The first-order valence-corrected chi connectivity index (χ1v) is 5.96. The Morgan fingerprint density at radius 2 is 2.32 bits per heavy atom. The summed E-state index contributed by atoms with van der Waals surface area (Å²) in [5.41, 5.74) is 8.79. The van der Waals surface area contributed by atoms with Gasteiger partial charge in [-0.25, -0.2) is 9.97 Å². The Kier molecular flexibility index (Phi) is 2.79. The van der Waals surface area contributed by atoms with Crippen molar-refractivity contribution in [2.75, 3.05) is 11.6 Å². The van der Waals surface area contributed by atoms with Crippen LogP contribution < -0.4 is 15.4 Å². The van der Waals surface area contributed by atoms with Gasteiger partial charge in [0, 0.05) is 18.3 Å². The van der Waals surface area contributed by atoms with Gasteiger partial charge in [0.15, 0.2) is 6.73 Å². The van der Waals surface area contributed by atoms with Gasteiger partial charge in [0.2, 0.25) is 0 Å². The molecular formula is C14H14N4O. The molecule has 0 saturated carbocycles. The van der Waals surface area contributed by atoms with Crippen LogP contribution in [0.15, 0.2) is 49.2 Å². The second-order valence-electron chi connectivity index (χ2n) is 4.37. The minimum Gasteiger partial charge on any atom is -0.470 e. The Bertz CT molecular complexity index is 612. The summed E-state index contributed by atoms with van der Waals surface area (Å²) < 4.78 is 5.60. The van der Waals surface area contributed by atoms with Crippen molar-refractivity contribution < 1.29 is 4.74 Å². The second-order valence-corrected chi connectivity index (χ2v) is 4.37. The van der Waals surface area contributed by atoms with Gasteiger partial charge in [-0.15, -0.1) is 0 Å². The lowest BCUT2D eigenvalue weighted by molar-refractivity contribution is 0.353. The lowest BCUT2D eigenvalue weighted by Crippen LogP contribution is -2.25. The van der Waals surface area contributed by atoms with Crippen LogP contribution in [0.5, 0.6) is 5.75 Å². The van der Waals surface area contributed by atoms with Crippen molar-refractivity contribution in [1.82, 2.24) is 9.97 Å². The smallest absolute Gasteiger partial charge is 0.167 e. The van der Waals surface area contributed by atoms with Crippen LogP contribution in [0.4, 0.5) is 5.69 Å². The Morgan fingerprint density at radius 1 is 1.42 bits per heavy atom. The van der Waals surface area contributed by atoms with Crippen LogP contribution in [0.2, 0.25) is 0 Å². The number of nitrogens with two attached hydrogens (primary N) is 1. The molecule has 0 amide bonds. The van der Waals surface area contributed by atoms with E-state index in [9.17, 15) is 0 Å². The summed E-state index contributed by atoms with van der Waals surface area (Å²) in [6.45, 7) is 4.15. The van der Waals surface area contributed by atoms with Crippen LogP contribution in [-0.4, -0.2) is 16.7 Å². The third kappa shape index (κ3) is 2.22. The number of nitrogens with zero attached hydrogens (tertiary/aromatic N) is 3. The van der Waals surface area contributed by atoms with E-state index >= 15 is 0 Å². The van der Waals surface area contributed by atoms with Crippen molar-refractivity contribution in [2.45, 2.75) is 6.42 Å². The summed E-state index contributed by atoms with van der Waals surface area (Å²) in [4.78, 5) is 9.96. The third-order valence-corrected chi connectivity index (χ3v) is 3.04. The van der Waals surface area contributed by atoms with Crippen molar-refractivity contribution in [2.24, 2.45) is 5.73 Å². The number of anilines is 1. The summed E-state index contributed by atoms with van der Waals surface area (Å²) >= 11 is 0. The highest BCUT2D eigenvalue weighted by Gasteiger charge is 2.21. The number of ether oxygens (including phenoxy) is 1. The standard InChI is InChI=1S/C14H14N4O/c1-10(15)18-9-19-14-7-11(2-3-13(14)18)6-12-4-5-16-8-17-12/h2-5,7-8H,1,6,9,15H2. The molecule has 0 saturated heterocycles. The molecule has 1 aromatic heterocycles. The first kappa shape index (κ1) is 11.5. The lowest BCUT2D eigenvalue weighted by Gasteiger charge is -2.14. The largest absolute Gasteiger partial charge is 0.470 e. The fourth-order valence-corrected chi connectivity index (χ4v) is 2.08. The minimum atomic E-state index is 0.418. The molecule has 2 aromatic rings. The van der Waals surface area contributed by atoms with Crippen LogP contribution in [0, 0.1) is 0 Å². The summed E-state index contributed by atoms with van der Waals surface area (Å²) in [6, 6.07) is 7.96. The first-order valence-electron chi connectivity index (χ1n) is 5.96. The van der Waals surface area contributed by atoms with Gasteiger partial charge in [-0.2, -0.15) is 0 Å². The number of aromatic nitrogens is 2. The monoisotopic (exact) mass is 254 g/mol. The normalized spacial score (nSPS) is 12.9. The molecule has 19 heavy (non-hydrogen) atoms. The molecule has 3 rings (SSSR count). The highest BCUT2D eigenvalue weighted by atomic mass is 16.5. The maximum absolute atomic E-state index is 5.71. The molecule has 0 aliphatic carbocycles. The van der Waals surface area contributed by atoms with E-state index in [4.69, 9.17) is 10.5 Å². The Hall–Kier alpha value is -2.56. The van der Waals surface area contributed by atoms with Crippen LogP contribution >= 0.6 is 0 Å². The average molecular weight is 254 g/mol. The fourth-order valence-electron chi connectivity index (χ4n) is 2.08. The molecule has 5 heteroatoms. The van der Waals surface area contributed by atoms with E-state index in [0.717, 1.165) is 29.1 Å². The number of hydrogen-bond donors (Lipinski definition) is 1. The molecule has 0 radical (unpaired) electrons. The zero-order valence-corrected chi connectivity index (χ0v) is 10.4. The second kappa shape index (κ2) is 4.61. The van der Waals surface area contributed by atoms with E-state index in [0.29, 0.717) is 12.6 Å². The summed E-state index contributed by atoms with van der Waals surface area (Å²) in [5, 5.41) is 0. The summed E-state index contributed by atoms with van der Waals surface area (Å²) in [6.07, 6.45) is 4.05. The van der Waals surface area contributed by atoms with E-state index in [2.05, 4.69) is 16.5 Å². The zero-order chi connectivity index (χ0) is 13.2. The average Bonchev–Trinajstić information content (AvgIpc) is 2.83. The number of fused-ring (bicyclic) bond motifs is 1. The van der Waals surface area contributed by atoms with Gasteiger partial charge in [0.25, 0.3) is 0 Å². The van der Waals surface area contributed by atoms with E-state index in [1.165, 1.54) is 0 Å². The van der Waals surface area contributed by atoms with Gasteiger partial charge in [-0.3, -0.25) is 4.90 Å². The van der Waals surface area contributed by atoms with Crippen molar-refractivity contribution in [3.8, 4) is 5.75 Å². The van der Waals surface area contributed by atoms with Crippen molar-refractivity contribution in [3.63, 3.8) is 0 Å². The van der Waals surface area contributed by atoms with Gasteiger partial charge in [0.1, 0.15) is 12.1 Å². The molecule has 96 valence electrons. The Morgan fingerprint density at radius 3 is 3.05 bits per heavy atom. The molecule has 0 atom stereocenters. The SMILES string of the molecule is C=C(N)N1COc2cc(Cc3ccncn3)ccc21. The molecule has 1 aromatic carbocycles. The van der Waals surface area contributed by atoms with E-state index in [1.54, 1.807) is 12.5 Å². The molecule has 2 N–H and O–H groups in total. The van der Waals surface area contributed by atoms with E-state index in [1.807, 2.05) is 29.2 Å². The fraction of sp³-hybridized carbons (Fsp3) is 0.143. The van der Waals surface area contributed by atoms with Gasteiger partial charge < -0.3 is 10.5 Å². The molecule has 0 spiro atoms. The predicted octanol–water partition coefficient (Wildman–Crippen LogP) is 1.65. The van der Waals surface area contributed by atoms with Gasteiger partial charge >= 0.3 is 0 Å². The third-order valence-electron chi connectivity index (χ3n) is 3.04. The molecular weight excluding hydrogens is 240 g/mol. The predicted molar refractivity (Wildman–Crippen MR) is 72.6 cm³/mol.